The average molecular weight is 347 g/mol. The average Bonchev–Trinajstić information content (AvgIpc) is 3.08. The molecule has 0 atom stereocenters. The second-order valence-electron chi connectivity index (χ2n) is 5.83. The van der Waals surface area contributed by atoms with Crippen LogP contribution >= 0.6 is 0 Å². The van der Waals surface area contributed by atoms with Gasteiger partial charge >= 0.3 is 0 Å². The minimum atomic E-state index is -0.122. The lowest BCUT2D eigenvalue weighted by molar-refractivity contribution is -0.120. The molecule has 2 heterocycles. The smallest absolute Gasteiger partial charge is 0.226 e. The molecule has 1 amide bonds. The van der Waals surface area contributed by atoms with Crippen LogP contribution in [0.15, 0.2) is 65.3 Å². The molecule has 0 spiro atoms. The third kappa shape index (κ3) is 3.35. The molecule has 4 aromatic rings. The highest BCUT2D eigenvalue weighted by molar-refractivity contribution is 5.86. The Morgan fingerprint density at radius 1 is 1.08 bits per heavy atom. The quantitative estimate of drug-likeness (QED) is 0.542. The number of nitrogens with zero attached hydrogens (tertiary/aromatic N) is 2. The lowest BCUT2D eigenvalue weighted by Crippen LogP contribution is -2.29. The van der Waals surface area contributed by atoms with Crippen molar-refractivity contribution in [2.24, 2.45) is 0 Å². The van der Waals surface area contributed by atoms with Gasteiger partial charge in [-0.25, -0.2) is 0 Å². The van der Waals surface area contributed by atoms with Crippen molar-refractivity contribution in [3.05, 3.63) is 66.5 Å². The van der Waals surface area contributed by atoms with Gasteiger partial charge < -0.3 is 14.6 Å². The molecule has 4 rings (SSSR count). The lowest BCUT2D eigenvalue weighted by atomic mass is 10.1. The van der Waals surface area contributed by atoms with Gasteiger partial charge in [0.2, 0.25) is 5.91 Å². The van der Waals surface area contributed by atoms with Gasteiger partial charge in [0.1, 0.15) is 23.6 Å². The van der Waals surface area contributed by atoms with Gasteiger partial charge in [0.25, 0.3) is 0 Å². The molecule has 0 fully saturated rings. The van der Waals surface area contributed by atoms with Gasteiger partial charge in [-0.15, -0.1) is 0 Å². The van der Waals surface area contributed by atoms with E-state index in [4.69, 9.17) is 9.26 Å². The van der Waals surface area contributed by atoms with E-state index in [1.807, 2.05) is 54.6 Å². The molecule has 0 aliphatic carbocycles. The second-order valence-corrected chi connectivity index (χ2v) is 5.83. The van der Waals surface area contributed by atoms with E-state index in [0.29, 0.717) is 30.2 Å². The minimum Gasteiger partial charge on any atom is -0.489 e. The van der Waals surface area contributed by atoms with Crippen molar-refractivity contribution in [1.29, 1.82) is 0 Å². The van der Waals surface area contributed by atoms with Crippen LogP contribution in [0.25, 0.3) is 21.9 Å². The number of pyridine rings is 1. The van der Waals surface area contributed by atoms with E-state index in [-0.39, 0.29) is 12.3 Å². The van der Waals surface area contributed by atoms with Gasteiger partial charge in [-0.3, -0.25) is 9.78 Å². The zero-order valence-electron chi connectivity index (χ0n) is 14.0. The van der Waals surface area contributed by atoms with Crippen LogP contribution in [0.2, 0.25) is 0 Å². The van der Waals surface area contributed by atoms with E-state index >= 15 is 0 Å². The predicted octanol–water partition coefficient (Wildman–Crippen LogP) is 3.11. The molecule has 26 heavy (non-hydrogen) atoms. The highest BCUT2D eigenvalue weighted by atomic mass is 16.5. The molecule has 0 aliphatic heterocycles. The standard InChI is InChI=1S/C20H17N3O3/c24-19(13-16-15-7-1-2-8-17(15)26-23-16)21-11-12-25-18-9-3-5-14-6-4-10-22-20(14)18/h1-10H,11-13H2,(H,21,24). The van der Waals surface area contributed by atoms with Gasteiger partial charge in [-0.2, -0.15) is 0 Å². The van der Waals surface area contributed by atoms with Crippen LogP contribution in [-0.4, -0.2) is 29.2 Å². The van der Waals surface area contributed by atoms with E-state index < -0.39 is 0 Å². The molecular formula is C20H17N3O3. The van der Waals surface area contributed by atoms with Crippen molar-refractivity contribution in [2.75, 3.05) is 13.2 Å². The predicted molar refractivity (Wildman–Crippen MR) is 98.0 cm³/mol. The molecule has 130 valence electrons. The number of ether oxygens (including phenoxy) is 1. The fraction of sp³-hybridized carbons (Fsp3) is 0.150. The van der Waals surface area contributed by atoms with Crippen molar-refractivity contribution in [1.82, 2.24) is 15.5 Å². The summed E-state index contributed by atoms with van der Waals surface area (Å²) in [6, 6.07) is 17.1. The fourth-order valence-electron chi connectivity index (χ4n) is 2.82. The van der Waals surface area contributed by atoms with Crippen molar-refractivity contribution in [2.45, 2.75) is 6.42 Å². The molecule has 6 heteroatoms. The number of hydrogen-bond acceptors (Lipinski definition) is 5. The zero-order chi connectivity index (χ0) is 17.8. The third-order valence-corrected chi connectivity index (χ3v) is 4.06. The summed E-state index contributed by atoms with van der Waals surface area (Å²) in [6.45, 7) is 0.763. The lowest BCUT2D eigenvalue weighted by Gasteiger charge is -2.09. The van der Waals surface area contributed by atoms with Gasteiger partial charge in [0.05, 0.1) is 13.0 Å². The molecule has 6 nitrogen and oxygen atoms in total. The maximum atomic E-state index is 12.1. The Bertz CT molecular complexity index is 1050. The van der Waals surface area contributed by atoms with Gasteiger partial charge in [-0.1, -0.05) is 35.5 Å². The summed E-state index contributed by atoms with van der Waals surface area (Å²) in [7, 11) is 0. The van der Waals surface area contributed by atoms with Crippen LogP contribution in [0, 0.1) is 0 Å². The maximum absolute atomic E-state index is 12.1. The number of hydrogen-bond donors (Lipinski definition) is 1. The number of fused-ring (bicyclic) bond motifs is 2. The monoisotopic (exact) mass is 347 g/mol. The van der Waals surface area contributed by atoms with E-state index in [1.165, 1.54) is 0 Å². The van der Waals surface area contributed by atoms with Crippen LogP contribution in [0.3, 0.4) is 0 Å². The summed E-state index contributed by atoms with van der Waals surface area (Å²) in [5.74, 6) is 0.587. The Morgan fingerprint density at radius 3 is 2.92 bits per heavy atom. The molecule has 2 aromatic carbocycles. The molecule has 0 saturated heterocycles. The first-order chi connectivity index (χ1) is 12.8. The van der Waals surface area contributed by atoms with Crippen molar-refractivity contribution in [3.63, 3.8) is 0 Å². The number of nitrogens with one attached hydrogen (secondary N) is 1. The molecule has 2 aromatic heterocycles. The molecule has 1 N–H and O–H groups in total. The summed E-state index contributed by atoms with van der Waals surface area (Å²) in [6.07, 6.45) is 1.91. The number of rotatable bonds is 6. The molecule has 0 bridgehead atoms. The Morgan fingerprint density at radius 2 is 1.96 bits per heavy atom. The summed E-state index contributed by atoms with van der Waals surface area (Å²) < 4.78 is 11.0. The van der Waals surface area contributed by atoms with Gasteiger partial charge in [0.15, 0.2) is 5.58 Å². The highest BCUT2D eigenvalue weighted by Gasteiger charge is 2.11. The number of carbonyl (C=O) groups excluding carboxylic acids is 1. The molecular weight excluding hydrogens is 330 g/mol. The minimum absolute atomic E-state index is 0.122. The summed E-state index contributed by atoms with van der Waals surface area (Å²) in [4.78, 5) is 16.5. The van der Waals surface area contributed by atoms with Crippen LogP contribution in [-0.2, 0) is 11.2 Å². The van der Waals surface area contributed by atoms with E-state index in [9.17, 15) is 4.79 Å². The first-order valence-corrected chi connectivity index (χ1v) is 8.38. The van der Waals surface area contributed by atoms with Crippen LogP contribution in [0.4, 0.5) is 0 Å². The molecule has 0 saturated carbocycles. The Balaban J connectivity index is 1.31. The Kier molecular flexibility index (Phi) is 4.47. The molecule has 0 radical (unpaired) electrons. The van der Waals surface area contributed by atoms with Crippen molar-refractivity contribution < 1.29 is 14.1 Å². The van der Waals surface area contributed by atoms with Crippen LogP contribution < -0.4 is 10.1 Å². The first kappa shape index (κ1) is 16.1. The summed E-state index contributed by atoms with van der Waals surface area (Å²) >= 11 is 0. The number of benzene rings is 2. The van der Waals surface area contributed by atoms with Crippen molar-refractivity contribution >= 4 is 27.8 Å². The summed E-state index contributed by atoms with van der Waals surface area (Å²) in [5, 5.41) is 8.69. The Hall–Kier alpha value is -3.41. The Labute approximate surface area is 149 Å². The first-order valence-electron chi connectivity index (χ1n) is 8.38. The number of aromatic nitrogens is 2. The van der Waals surface area contributed by atoms with Gasteiger partial charge in [-0.05, 0) is 24.3 Å². The van der Waals surface area contributed by atoms with Crippen LogP contribution in [0.5, 0.6) is 5.75 Å². The topological polar surface area (TPSA) is 77.2 Å². The molecule has 0 unspecified atom stereocenters. The second kappa shape index (κ2) is 7.23. The van der Waals surface area contributed by atoms with Gasteiger partial charge in [0, 0.05) is 17.0 Å². The van der Waals surface area contributed by atoms with Crippen LogP contribution in [0.1, 0.15) is 5.69 Å². The number of carbonyl (C=O) groups is 1. The SMILES string of the molecule is O=C(Cc1noc2ccccc12)NCCOc1cccc2cccnc12. The van der Waals surface area contributed by atoms with E-state index in [0.717, 1.165) is 16.3 Å². The zero-order valence-corrected chi connectivity index (χ0v) is 14.0. The normalized spacial score (nSPS) is 10.9. The van der Waals surface area contributed by atoms with E-state index in [2.05, 4.69) is 15.5 Å². The summed E-state index contributed by atoms with van der Waals surface area (Å²) in [5.41, 5.74) is 2.13. The highest BCUT2D eigenvalue weighted by Crippen LogP contribution is 2.22. The largest absolute Gasteiger partial charge is 0.489 e. The fourth-order valence-corrected chi connectivity index (χ4v) is 2.82. The number of para-hydroxylation sites is 2. The molecule has 0 aliphatic rings. The third-order valence-electron chi connectivity index (χ3n) is 4.06. The van der Waals surface area contributed by atoms with Crippen molar-refractivity contribution in [3.8, 4) is 5.75 Å². The van der Waals surface area contributed by atoms with E-state index in [1.54, 1.807) is 6.20 Å². The number of amides is 1. The maximum Gasteiger partial charge on any atom is 0.226 e.